The van der Waals surface area contributed by atoms with Gasteiger partial charge in [-0.3, -0.25) is 0 Å². The standard InChI is InChI=1S/C12H16O5/c1-2-7-17-9-5-3-8(4-6-9)10(13)11(14)12(15)16/h3-6,10-11,13-14H,2,7H2,1H3,(H,15,16). The molecule has 5 nitrogen and oxygen atoms in total. The lowest BCUT2D eigenvalue weighted by atomic mass is 10.0. The largest absolute Gasteiger partial charge is 0.494 e. The lowest BCUT2D eigenvalue weighted by Gasteiger charge is -2.14. The first-order valence-electron chi connectivity index (χ1n) is 5.38. The summed E-state index contributed by atoms with van der Waals surface area (Å²) in [5.41, 5.74) is 0.337. The Kier molecular flexibility index (Phi) is 4.93. The van der Waals surface area contributed by atoms with Crippen molar-refractivity contribution < 1.29 is 24.9 Å². The molecule has 0 aliphatic rings. The van der Waals surface area contributed by atoms with Crippen molar-refractivity contribution in [1.82, 2.24) is 0 Å². The van der Waals surface area contributed by atoms with E-state index in [0.717, 1.165) is 6.42 Å². The second-order valence-electron chi connectivity index (χ2n) is 3.65. The fraction of sp³-hybridized carbons (Fsp3) is 0.417. The first kappa shape index (κ1) is 13.5. The van der Waals surface area contributed by atoms with Crippen LogP contribution in [0, 0.1) is 0 Å². The number of hydrogen-bond donors (Lipinski definition) is 3. The number of carboxylic acid groups (broad SMARTS) is 1. The molecule has 0 saturated heterocycles. The quantitative estimate of drug-likeness (QED) is 0.689. The van der Waals surface area contributed by atoms with Gasteiger partial charge in [0.15, 0.2) is 6.10 Å². The highest BCUT2D eigenvalue weighted by Gasteiger charge is 2.24. The molecule has 1 aromatic rings. The van der Waals surface area contributed by atoms with Gasteiger partial charge in [-0.2, -0.15) is 0 Å². The minimum atomic E-state index is -1.82. The number of aliphatic hydroxyl groups excluding tert-OH is 2. The van der Waals surface area contributed by atoms with Crippen molar-refractivity contribution in [2.45, 2.75) is 25.6 Å². The third kappa shape index (κ3) is 3.72. The molecule has 1 rings (SSSR count). The molecule has 2 atom stereocenters. The fourth-order valence-electron chi connectivity index (χ4n) is 1.30. The third-order valence-electron chi connectivity index (χ3n) is 2.25. The first-order chi connectivity index (χ1) is 8.06. The summed E-state index contributed by atoms with van der Waals surface area (Å²) in [5.74, 6) is -0.809. The fourth-order valence-corrected chi connectivity index (χ4v) is 1.30. The topological polar surface area (TPSA) is 87.0 Å². The third-order valence-corrected chi connectivity index (χ3v) is 2.25. The molecule has 0 radical (unpaired) electrons. The van der Waals surface area contributed by atoms with Gasteiger partial charge >= 0.3 is 5.97 Å². The molecular formula is C12H16O5. The molecule has 94 valence electrons. The van der Waals surface area contributed by atoms with Crippen molar-refractivity contribution in [2.24, 2.45) is 0 Å². The molecule has 0 aliphatic carbocycles. The van der Waals surface area contributed by atoms with Gasteiger partial charge in [0.2, 0.25) is 0 Å². The number of carboxylic acids is 1. The van der Waals surface area contributed by atoms with E-state index >= 15 is 0 Å². The highest BCUT2D eigenvalue weighted by atomic mass is 16.5. The van der Waals surface area contributed by atoms with Crippen LogP contribution in [-0.4, -0.2) is 34.0 Å². The zero-order valence-corrected chi connectivity index (χ0v) is 9.54. The minimum absolute atomic E-state index is 0.337. The van der Waals surface area contributed by atoms with E-state index in [2.05, 4.69) is 0 Å². The highest BCUT2D eigenvalue weighted by molar-refractivity contribution is 5.73. The molecule has 17 heavy (non-hydrogen) atoms. The maximum Gasteiger partial charge on any atom is 0.335 e. The Balaban J connectivity index is 2.69. The van der Waals surface area contributed by atoms with Crippen LogP contribution >= 0.6 is 0 Å². The lowest BCUT2D eigenvalue weighted by molar-refractivity contribution is -0.153. The molecule has 2 unspecified atom stereocenters. The van der Waals surface area contributed by atoms with Gasteiger partial charge in [0.05, 0.1) is 6.61 Å². The van der Waals surface area contributed by atoms with Crippen molar-refractivity contribution in [3.63, 3.8) is 0 Å². The van der Waals surface area contributed by atoms with Crippen molar-refractivity contribution in [1.29, 1.82) is 0 Å². The van der Waals surface area contributed by atoms with Gasteiger partial charge in [-0.1, -0.05) is 19.1 Å². The Morgan fingerprint density at radius 1 is 1.29 bits per heavy atom. The molecule has 3 N–H and O–H groups in total. The Morgan fingerprint density at radius 2 is 1.88 bits per heavy atom. The van der Waals surface area contributed by atoms with Gasteiger partial charge in [-0.15, -0.1) is 0 Å². The molecule has 0 bridgehead atoms. The Bertz CT molecular complexity index is 360. The normalized spacial score (nSPS) is 14.1. The van der Waals surface area contributed by atoms with Crippen LogP contribution in [0.25, 0.3) is 0 Å². The Labute approximate surface area is 99.3 Å². The summed E-state index contributed by atoms with van der Waals surface area (Å²) in [5, 5.41) is 27.3. The number of carbonyl (C=O) groups is 1. The molecule has 5 heteroatoms. The molecule has 0 saturated carbocycles. The molecule has 1 aromatic carbocycles. The smallest absolute Gasteiger partial charge is 0.335 e. The number of rotatable bonds is 6. The SMILES string of the molecule is CCCOc1ccc(C(O)C(O)C(=O)O)cc1. The highest BCUT2D eigenvalue weighted by Crippen LogP contribution is 2.20. The van der Waals surface area contributed by atoms with E-state index in [-0.39, 0.29) is 0 Å². The number of aliphatic carboxylic acids is 1. The predicted octanol–water partition coefficient (Wildman–Crippen LogP) is 0.954. The van der Waals surface area contributed by atoms with E-state index in [1.54, 1.807) is 12.1 Å². The van der Waals surface area contributed by atoms with Crippen LogP contribution in [0.5, 0.6) is 5.75 Å². The van der Waals surface area contributed by atoms with Crippen LogP contribution in [0.2, 0.25) is 0 Å². The van der Waals surface area contributed by atoms with Crippen molar-refractivity contribution in [3.8, 4) is 5.75 Å². The molecule has 0 aromatic heterocycles. The minimum Gasteiger partial charge on any atom is -0.494 e. The Morgan fingerprint density at radius 3 is 2.35 bits per heavy atom. The number of benzene rings is 1. The monoisotopic (exact) mass is 240 g/mol. The summed E-state index contributed by atoms with van der Waals surface area (Å²) in [6.45, 7) is 2.58. The van der Waals surface area contributed by atoms with E-state index in [4.69, 9.17) is 9.84 Å². The van der Waals surface area contributed by atoms with Gasteiger partial charge in [0, 0.05) is 0 Å². The first-order valence-corrected chi connectivity index (χ1v) is 5.38. The van der Waals surface area contributed by atoms with Crippen LogP contribution in [0.1, 0.15) is 25.0 Å². The van der Waals surface area contributed by atoms with Crippen molar-refractivity contribution in [2.75, 3.05) is 6.61 Å². The average Bonchev–Trinajstić information content (AvgIpc) is 2.35. The summed E-state index contributed by atoms with van der Waals surface area (Å²) in [6, 6.07) is 6.31. The van der Waals surface area contributed by atoms with Gasteiger partial charge in [-0.05, 0) is 24.1 Å². The maximum absolute atomic E-state index is 10.5. The molecule has 0 spiro atoms. The molecule has 0 amide bonds. The maximum atomic E-state index is 10.5. The summed E-state index contributed by atoms with van der Waals surface area (Å²) >= 11 is 0. The van der Waals surface area contributed by atoms with E-state index in [9.17, 15) is 15.0 Å². The van der Waals surface area contributed by atoms with Gasteiger partial charge < -0.3 is 20.1 Å². The molecule has 0 aliphatic heterocycles. The van der Waals surface area contributed by atoms with E-state index in [1.165, 1.54) is 12.1 Å². The average molecular weight is 240 g/mol. The second kappa shape index (κ2) is 6.22. The second-order valence-corrected chi connectivity index (χ2v) is 3.65. The molecular weight excluding hydrogens is 224 g/mol. The van der Waals surface area contributed by atoms with Crippen LogP contribution in [0.15, 0.2) is 24.3 Å². The van der Waals surface area contributed by atoms with Gasteiger partial charge in [-0.25, -0.2) is 4.79 Å². The molecule has 0 heterocycles. The summed E-state index contributed by atoms with van der Waals surface area (Å²) < 4.78 is 5.34. The zero-order chi connectivity index (χ0) is 12.8. The number of aliphatic hydroxyl groups is 2. The van der Waals surface area contributed by atoms with E-state index in [1.807, 2.05) is 6.92 Å². The van der Waals surface area contributed by atoms with Crippen LogP contribution in [0.3, 0.4) is 0 Å². The van der Waals surface area contributed by atoms with Gasteiger partial charge in [0.1, 0.15) is 11.9 Å². The Hall–Kier alpha value is -1.59. The van der Waals surface area contributed by atoms with Crippen LogP contribution < -0.4 is 4.74 Å². The van der Waals surface area contributed by atoms with E-state index in [0.29, 0.717) is 17.9 Å². The number of ether oxygens (including phenoxy) is 1. The summed E-state index contributed by atoms with van der Waals surface area (Å²) in [7, 11) is 0. The summed E-state index contributed by atoms with van der Waals surface area (Å²) in [6.07, 6.45) is -2.37. The summed E-state index contributed by atoms with van der Waals surface area (Å²) in [4.78, 5) is 10.5. The van der Waals surface area contributed by atoms with Crippen LogP contribution in [-0.2, 0) is 4.79 Å². The molecule has 0 fully saturated rings. The van der Waals surface area contributed by atoms with Crippen LogP contribution in [0.4, 0.5) is 0 Å². The number of hydrogen-bond acceptors (Lipinski definition) is 4. The van der Waals surface area contributed by atoms with E-state index < -0.39 is 18.2 Å². The predicted molar refractivity (Wildman–Crippen MR) is 60.8 cm³/mol. The van der Waals surface area contributed by atoms with Crippen molar-refractivity contribution in [3.05, 3.63) is 29.8 Å². The zero-order valence-electron chi connectivity index (χ0n) is 9.54. The lowest BCUT2D eigenvalue weighted by Crippen LogP contribution is -2.27. The van der Waals surface area contributed by atoms with Gasteiger partial charge in [0.25, 0.3) is 0 Å². The van der Waals surface area contributed by atoms with Crippen molar-refractivity contribution >= 4 is 5.97 Å².